The van der Waals surface area contributed by atoms with Crippen molar-refractivity contribution in [2.24, 2.45) is 5.41 Å². The maximum atomic E-state index is 12.4. The molecule has 2 rings (SSSR count). The van der Waals surface area contributed by atoms with E-state index in [2.05, 4.69) is 0 Å². The van der Waals surface area contributed by atoms with Gasteiger partial charge in [-0.25, -0.2) is 12.7 Å². The summed E-state index contributed by atoms with van der Waals surface area (Å²) >= 11 is 0. The van der Waals surface area contributed by atoms with Crippen LogP contribution in [0.2, 0.25) is 0 Å². The molecule has 0 bridgehead atoms. The van der Waals surface area contributed by atoms with Gasteiger partial charge in [0.25, 0.3) is 0 Å². The first kappa shape index (κ1) is 15.8. The molecule has 116 valence electrons. The Bertz CT molecular complexity index is 657. The van der Waals surface area contributed by atoms with E-state index in [0.717, 1.165) is 4.31 Å². The molecule has 0 spiro atoms. The highest BCUT2D eigenvalue weighted by molar-refractivity contribution is 7.89. The summed E-state index contributed by atoms with van der Waals surface area (Å²) in [5, 5.41) is 9.30. The van der Waals surface area contributed by atoms with Crippen LogP contribution >= 0.6 is 0 Å². The van der Waals surface area contributed by atoms with Gasteiger partial charge >= 0.3 is 5.97 Å². The fourth-order valence-corrected chi connectivity index (χ4v) is 3.58. The highest BCUT2D eigenvalue weighted by atomic mass is 32.2. The van der Waals surface area contributed by atoms with Crippen LogP contribution in [-0.2, 0) is 14.8 Å². The molecule has 1 unspecified atom stereocenters. The Hall–Kier alpha value is -1.60. The SMILES string of the molecule is CN(C)S(=O)(=O)c1ccccc1N1CCC(C)(C(=O)O)C1. The Morgan fingerprint density at radius 1 is 1.33 bits per heavy atom. The van der Waals surface area contributed by atoms with Crippen molar-refractivity contribution in [3.05, 3.63) is 24.3 Å². The zero-order valence-corrected chi connectivity index (χ0v) is 13.2. The van der Waals surface area contributed by atoms with E-state index < -0.39 is 21.4 Å². The van der Waals surface area contributed by atoms with Crippen molar-refractivity contribution in [2.75, 3.05) is 32.1 Å². The van der Waals surface area contributed by atoms with E-state index >= 15 is 0 Å². The topological polar surface area (TPSA) is 77.9 Å². The van der Waals surface area contributed by atoms with E-state index in [-0.39, 0.29) is 4.90 Å². The Morgan fingerprint density at radius 2 is 1.95 bits per heavy atom. The molecule has 1 aliphatic heterocycles. The van der Waals surface area contributed by atoms with Gasteiger partial charge in [0, 0.05) is 27.2 Å². The number of hydrogen-bond acceptors (Lipinski definition) is 4. The smallest absolute Gasteiger partial charge is 0.311 e. The van der Waals surface area contributed by atoms with Gasteiger partial charge in [0.2, 0.25) is 10.0 Å². The molecule has 1 saturated heterocycles. The van der Waals surface area contributed by atoms with Gasteiger partial charge in [-0.15, -0.1) is 0 Å². The van der Waals surface area contributed by atoms with Gasteiger partial charge in [-0.1, -0.05) is 12.1 Å². The first-order chi connectivity index (χ1) is 9.68. The predicted octanol–water partition coefficient (Wildman–Crippen LogP) is 1.24. The Balaban J connectivity index is 2.42. The minimum absolute atomic E-state index is 0.213. The minimum atomic E-state index is -3.56. The molecule has 0 saturated carbocycles. The average molecular weight is 312 g/mol. The summed E-state index contributed by atoms with van der Waals surface area (Å²) in [5.74, 6) is -0.849. The largest absolute Gasteiger partial charge is 0.481 e. The second kappa shape index (κ2) is 5.31. The molecule has 0 aromatic heterocycles. The molecule has 21 heavy (non-hydrogen) atoms. The van der Waals surface area contributed by atoms with E-state index in [1.54, 1.807) is 31.2 Å². The maximum absolute atomic E-state index is 12.4. The predicted molar refractivity (Wildman–Crippen MR) is 79.9 cm³/mol. The van der Waals surface area contributed by atoms with Gasteiger partial charge < -0.3 is 10.0 Å². The first-order valence-corrected chi connectivity index (χ1v) is 8.12. The molecule has 7 heteroatoms. The molecule has 1 aliphatic rings. The molecular weight excluding hydrogens is 292 g/mol. The van der Waals surface area contributed by atoms with Crippen molar-refractivity contribution in [2.45, 2.75) is 18.2 Å². The van der Waals surface area contributed by atoms with Gasteiger partial charge in [0.15, 0.2) is 0 Å². The van der Waals surface area contributed by atoms with Crippen LogP contribution in [-0.4, -0.2) is 51.0 Å². The number of carboxylic acid groups (broad SMARTS) is 1. The summed E-state index contributed by atoms with van der Waals surface area (Å²) in [6.07, 6.45) is 0.499. The second-order valence-electron chi connectivity index (χ2n) is 5.79. The molecule has 1 fully saturated rings. The van der Waals surface area contributed by atoms with Gasteiger partial charge in [-0.3, -0.25) is 4.79 Å². The molecule has 1 aromatic carbocycles. The van der Waals surface area contributed by atoms with Crippen LogP contribution in [0.1, 0.15) is 13.3 Å². The van der Waals surface area contributed by atoms with E-state index in [1.807, 2.05) is 4.90 Å². The van der Waals surface area contributed by atoms with Crippen LogP contribution in [0, 0.1) is 5.41 Å². The van der Waals surface area contributed by atoms with Crippen molar-refractivity contribution in [3.63, 3.8) is 0 Å². The number of benzene rings is 1. The number of carbonyl (C=O) groups is 1. The summed E-state index contributed by atoms with van der Waals surface area (Å²) in [7, 11) is -0.591. The summed E-state index contributed by atoms with van der Waals surface area (Å²) in [6.45, 7) is 2.53. The Labute approximate surface area is 125 Å². The minimum Gasteiger partial charge on any atom is -0.481 e. The van der Waals surface area contributed by atoms with Crippen molar-refractivity contribution >= 4 is 21.7 Å². The number of sulfonamides is 1. The summed E-state index contributed by atoms with van der Waals surface area (Å²) in [6, 6.07) is 6.72. The number of anilines is 1. The molecule has 1 heterocycles. The lowest BCUT2D eigenvalue weighted by molar-refractivity contribution is -0.146. The second-order valence-corrected chi connectivity index (χ2v) is 7.91. The maximum Gasteiger partial charge on any atom is 0.311 e. The first-order valence-electron chi connectivity index (χ1n) is 6.68. The average Bonchev–Trinajstić information content (AvgIpc) is 2.82. The number of hydrogen-bond donors (Lipinski definition) is 1. The van der Waals surface area contributed by atoms with E-state index in [4.69, 9.17) is 0 Å². The van der Waals surface area contributed by atoms with E-state index in [1.165, 1.54) is 14.1 Å². The van der Waals surface area contributed by atoms with Crippen LogP contribution < -0.4 is 4.90 Å². The van der Waals surface area contributed by atoms with Gasteiger partial charge in [0.1, 0.15) is 4.90 Å². The third kappa shape index (κ3) is 2.75. The lowest BCUT2D eigenvalue weighted by Crippen LogP contribution is -2.32. The summed E-state index contributed by atoms with van der Waals surface area (Å²) in [4.78, 5) is 13.4. The number of carboxylic acids is 1. The van der Waals surface area contributed by atoms with Gasteiger partial charge in [-0.05, 0) is 25.5 Å². The van der Waals surface area contributed by atoms with E-state index in [0.29, 0.717) is 25.2 Å². The molecule has 6 nitrogen and oxygen atoms in total. The quantitative estimate of drug-likeness (QED) is 0.905. The number of nitrogens with zero attached hydrogens (tertiary/aromatic N) is 2. The molecular formula is C14H20N2O4S. The third-order valence-corrected chi connectivity index (χ3v) is 5.82. The lowest BCUT2D eigenvalue weighted by Gasteiger charge is -2.25. The summed E-state index contributed by atoms with van der Waals surface area (Å²) in [5.41, 5.74) is -0.272. The summed E-state index contributed by atoms with van der Waals surface area (Å²) < 4.78 is 25.9. The van der Waals surface area contributed by atoms with E-state index in [9.17, 15) is 18.3 Å². The molecule has 1 N–H and O–H groups in total. The third-order valence-electron chi connectivity index (χ3n) is 3.95. The highest BCUT2D eigenvalue weighted by Gasteiger charge is 2.41. The normalized spacial score (nSPS) is 22.8. The van der Waals surface area contributed by atoms with Crippen LogP contribution in [0.3, 0.4) is 0 Å². The number of para-hydroxylation sites is 1. The zero-order chi connectivity index (χ0) is 15.8. The fraction of sp³-hybridized carbons (Fsp3) is 0.500. The van der Waals surface area contributed by atoms with Crippen molar-refractivity contribution in [1.82, 2.24) is 4.31 Å². The van der Waals surface area contributed by atoms with Gasteiger partial charge in [0.05, 0.1) is 11.1 Å². The number of aliphatic carboxylic acids is 1. The monoisotopic (exact) mass is 312 g/mol. The number of rotatable bonds is 4. The van der Waals surface area contributed by atoms with Crippen LogP contribution in [0.5, 0.6) is 0 Å². The highest BCUT2D eigenvalue weighted by Crippen LogP contribution is 2.36. The molecule has 0 radical (unpaired) electrons. The lowest BCUT2D eigenvalue weighted by atomic mass is 9.90. The van der Waals surface area contributed by atoms with Crippen molar-refractivity contribution in [1.29, 1.82) is 0 Å². The van der Waals surface area contributed by atoms with Crippen molar-refractivity contribution in [3.8, 4) is 0 Å². The fourth-order valence-electron chi connectivity index (χ4n) is 2.47. The van der Waals surface area contributed by atoms with Crippen LogP contribution in [0.25, 0.3) is 0 Å². The molecule has 1 atom stereocenters. The molecule has 0 aliphatic carbocycles. The molecule has 0 amide bonds. The molecule has 1 aromatic rings. The van der Waals surface area contributed by atoms with Crippen LogP contribution in [0.15, 0.2) is 29.2 Å². The van der Waals surface area contributed by atoms with Crippen molar-refractivity contribution < 1.29 is 18.3 Å². The van der Waals surface area contributed by atoms with Gasteiger partial charge in [-0.2, -0.15) is 0 Å². The Kier molecular flexibility index (Phi) is 3.99. The zero-order valence-electron chi connectivity index (χ0n) is 12.4. The van der Waals surface area contributed by atoms with Crippen LogP contribution in [0.4, 0.5) is 5.69 Å². The standard InChI is InChI=1S/C14H20N2O4S/c1-14(13(17)18)8-9-16(10-14)11-6-4-5-7-12(11)21(19,20)15(2)3/h4-7H,8-10H2,1-3H3,(H,17,18). The Morgan fingerprint density at radius 3 is 2.48 bits per heavy atom.